The van der Waals surface area contributed by atoms with Crippen LogP contribution in [0.2, 0.25) is 0 Å². The highest BCUT2D eigenvalue weighted by Gasteiger charge is 2.42. The van der Waals surface area contributed by atoms with E-state index in [-0.39, 0.29) is 24.1 Å². The number of amides is 2. The molecule has 2 unspecified atom stereocenters. The number of fused-ring (bicyclic) bond motifs is 1. The molecular weight excluding hydrogens is 432 g/mol. The van der Waals surface area contributed by atoms with E-state index in [4.69, 9.17) is 9.47 Å². The number of ketones is 1. The average Bonchev–Trinajstić information content (AvgIpc) is 2.89. The summed E-state index contributed by atoms with van der Waals surface area (Å²) < 4.78 is 10.4. The minimum atomic E-state index is -0.684. The van der Waals surface area contributed by atoms with Crippen LogP contribution in [-0.2, 0) is 4.79 Å². The molecule has 3 aromatic carbocycles. The van der Waals surface area contributed by atoms with Crippen LogP contribution in [0.3, 0.4) is 0 Å². The maximum atomic E-state index is 13.5. The Morgan fingerprint density at radius 1 is 0.882 bits per heavy atom. The molecule has 7 heteroatoms. The molecule has 2 amide bonds. The van der Waals surface area contributed by atoms with Crippen LogP contribution in [0.15, 0.2) is 72.8 Å². The molecule has 0 aliphatic carbocycles. The van der Waals surface area contributed by atoms with Gasteiger partial charge in [0.05, 0.1) is 32.7 Å². The highest BCUT2D eigenvalue weighted by atomic mass is 16.5. The number of ether oxygens (including phenoxy) is 2. The molecule has 0 radical (unpaired) electrons. The van der Waals surface area contributed by atoms with Gasteiger partial charge in [0, 0.05) is 18.2 Å². The number of rotatable bonds is 7. The van der Waals surface area contributed by atoms with Gasteiger partial charge >= 0.3 is 0 Å². The molecule has 0 fully saturated rings. The lowest BCUT2D eigenvalue weighted by Crippen LogP contribution is -2.46. The second-order valence-corrected chi connectivity index (χ2v) is 8.07. The Balaban J connectivity index is 1.63. The van der Waals surface area contributed by atoms with E-state index in [2.05, 4.69) is 5.32 Å². The van der Waals surface area contributed by atoms with Gasteiger partial charge in [-0.1, -0.05) is 30.3 Å². The van der Waals surface area contributed by atoms with E-state index >= 15 is 0 Å². The van der Waals surface area contributed by atoms with Crippen LogP contribution in [0.4, 0.5) is 0 Å². The zero-order valence-corrected chi connectivity index (χ0v) is 19.3. The largest absolute Gasteiger partial charge is 0.497 e. The van der Waals surface area contributed by atoms with Gasteiger partial charge in [-0.15, -0.1) is 0 Å². The van der Waals surface area contributed by atoms with Crippen LogP contribution in [0, 0.1) is 0 Å². The van der Waals surface area contributed by atoms with Crippen molar-refractivity contribution < 1.29 is 23.9 Å². The summed E-state index contributed by atoms with van der Waals surface area (Å²) in [6, 6.07) is 20.6. The Bertz CT molecular complexity index is 1200. The first-order valence-electron chi connectivity index (χ1n) is 10.9. The fourth-order valence-corrected chi connectivity index (χ4v) is 4.33. The van der Waals surface area contributed by atoms with Crippen LogP contribution in [0.5, 0.6) is 11.5 Å². The highest BCUT2D eigenvalue weighted by molar-refractivity contribution is 6.03. The van der Waals surface area contributed by atoms with Crippen molar-refractivity contribution in [2.75, 3.05) is 27.8 Å². The van der Waals surface area contributed by atoms with Crippen molar-refractivity contribution in [3.63, 3.8) is 0 Å². The summed E-state index contributed by atoms with van der Waals surface area (Å²) in [5.41, 5.74) is 2.40. The van der Waals surface area contributed by atoms with Gasteiger partial charge in [-0.25, -0.2) is 0 Å². The predicted octanol–water partition coefficient (Wildman–Crippen LogP) is 3.61. The lowest BCUT2D eigenvalue weighted by molar-refractivity contribution is -0.123. The molecule has 4 rings (SSSR count). The van der Waals surface area contributed by atoms with E-state index in [9.17, 15) is 14.4 Å². The van der Waals surface area contributed by atoms with E-state index in [0.717, 1.165) is 5.56 Å². The first kappa shape index (κ1) is 23.0. The molecule has 1 heterocycles. The third kappa shape index (κ3) is 4.37. The van der Waals surface area contributed by atoms with Gasteiger partial charge in [0.25, 0.3) is 5.91 Å². The molecule has 1 aliphatic heterocycles. The smallest absolute Gasteiger partial charge is 0.254 e. The van der Waals surface area contributed by atoms with Crippen molar-refractivity contribution in [3.8, 4) is 11.5 Å². The Morgan fingerprint density at radius 3 is 2.09 bits per heavy atom. The third-order valence-electron chi connectivity index (χ3n) is 6.15. The van der Waals surface area contributed by atoms with Crippen molar-refractivity contribution >= 4 is 17.6 Å². The van der Waals surface area contributed by atoms with Crippen molar-refractivity contribution in [1.29, 1.82) is 0 Å². The first-order valence-corrected chi connectivity index (χ1v) is 10.9. The lowest BCUT2D eigenvalue weighted by Gasteiger charge is -2.39. The van der Waals surface area contributed by atoms with Crippen LogP contribution in [0.25, 0.3) is 0 Å². The lowest BCUT2D eigenvalue weighted by atomic mass is 9.79. The predicted molar refractivity (Wildman–Crippen MR) is 127 cm³/mol. The van der Waals surface area contributed by atoms with Crippen LogP contribution < -0.4 is 14.8 Å². The number of nitrogens with one attached hydrogen (secondary N) is 1. The molecule has 0 saturated carbocycles. The zero-order valence-electron chi connectivity index (χ0n) is 19.3. The number of carbonyl (C=O) groups excluding carboxylic acids is 3. The molecule has 34 heavy (non-hydrogen) atoms. The molecule has 174 valence electrons. The summed E-state index contributed by atoms with van der Waals surface area (Å²) in [6.45, 7) is -0.156. The van der Waals surface area contributed by atoms with Crippen molar-refractivity contribution in [1.82, 2.24) is 10.2 Å². The maximum Gasteiger partial charge on any atom is 0.254 e. The summed E-state index contributed by atoms with van der Waals surface area (Å²) >= 11 is 0. The number of carbonyl (C=O) groups is 3. The number of hydrogen-bond donors (Lipinski definition) is 1. The SMILES string of the molecule is COc1ccc(C(=O)CNC(=O)C2c3ccccc3C(=O)N(C)C2c2ccc(OC)cc2)cc1. The molecule has 2 atom stereocenters. The molecule has 0 spiro atoms. The molecule has 0 bridgehead atoms. The third-order valence-corrected chi connectivity index (χ3v) is 6.15. The Kier molecular flexibility index (Phi) is 6.63. The van der Waals surface area contributed by atoms with Gasteiger partial charge in [-0.05, 0) is 53.6 Å². The summed E-state index contributed by atoms with van der Waals surface area (Å²) in [5, 5.41) is 2.80. The molecule has 1 aliphatic rings. The van der Waals surface area contributed by atoms with E-state index in [0.29, 0.717) is 28.2 Å². The number of nitrogens with zero attached hydrogens (tertiary/aromatic N) is 1. The number of benzene rings is 3. The fraction of sp³-hybridized carbons (Fsp3) is 0.222. The number of Topliss-reactive ketones (excluding diaryl/α,β-unsaturated/α-hetero) is 1. The number of likely N-dealkylation sites (N-methyl/N-ethyl adjacent to an activating group) is 1. The second-order valence-electron chi connectivity index (χ2n) is 8.07. The van der Waals surface area contributed by atoms with Crippen LogP contribution in [0.1, 0.15) is 43.8 Å². The molecule has 7 nitrogen and oxygen atoms in total. The summed E-state index contributed by atoms with van der Waals surface area (Å²) in [5.74, 6) is -0.0554. The van der Waals surface area contributed by atoms with Crippen molar-refractivity contribution in [2.24, 2.45) is 0 Å². The minimum absolute atomic E-state index is 0.156. The average molecular weight is 459 g/mol. The standard InChI is InChI=1S/C27H26N2O5/c1-29-25(18-10-14-20(34-3)15-11-18)24(21-6-4-5-7-22(21)27(29)32)26(31)28-16-23(30)17-8-12-19(33-2)13-9-17/h4-15,24-25H,16H2,1-3H3,(H,28,31). The summed E-state index contributed by atoms with van der Waals surface area (Å²) in [4.78, 5) is 40.9. The van der Waals surface area contributed by atoms with Gasteiger partial charge < -0.3 is 19.7 Å². The van der Waals surface area contributed by atoms with Gasteiger partial charge in [-0.3, -0.25) is 14.4 Å². The Hall–Kier alpha value is -4.13. The maximum absolute atomic E-state index is 13.5. The normalized spacial score (nSPS) is 17.0. The number of methoxy groups -OCH3 is 2. The van der Waals surface area contributed by atoms with Gasteiger partial charge in [0.1, 0.15) is 11.5 Å². The highest BCUT2D eigenvalue weighted by Crippen LogP contribution is 2.42. The van der Waals surface area contributed by atoms with E-state index in [1.54, 1.807) is 80.8 Å². The van der Waals surface area contributed by atoms with Gasteiger partial charge in [0.2, 0.25) is 5.91 Å². The summed E-state index contributed by atoms with van der Waals surface area (Å²) in [6.07, 6.45) is 0. The fourth-order valence-electron chi connectivity index (χ4n) is 4.33. The van der Waals surface area contributed by atoms with Crippen molar-refractivity contribution in [3.05, 3.63) is 95.1 Å². The molecule has 0 saturated heterocycles. The quantitative estimate of drug-likeness (QED) is 0.547. The molecule has 3 aromatic rings. The zero-order chi connectivity index (χ0) is 24.2. The Morgan fingerprint density at radius 2 is 1.47 bits per heavy atom. The van der Waals surface area contributed by atoms with Crippen molar-refractivity contribution in [2.45, 2.75) is 12.0 Å². The second kappa shape index (κ2) is 9.79. The molecule has 1 N–H and O–H groups in total. The number of hydrogen-bond acceptors (Lipinski definition) is 5. The topological polar surface area (TPSA) is 84.9 Å². The summed E-state index contributed by atoms with van der Waals surface area (Å²) in [7, 11) is 4.83. The van der Waals surface area contributed by atoms with E-state index in [1.165, 1.54) is 0 Å². The van der Waals surface area contributed by atoms with Gasteiger partial charge in [0.15, 0.2) is 5.78 Å². The van der Waals surface area contributed by atoms with E-state index in [1.807, 2.05) is 18.2 Å². The monoisotopic (exact) mass is 458 g/mol. The first-order chi connectivity index (χ1) is 16.4. The van der Waals surface area contributed by atoms with E-state index < -0.39 is 12.0 Å². The van der Waals surface area contributed by atoms with Crippen LogP contribution >= 0.6 is 0 Å². The molecule has 0 aromatic heterocycles. The Labute approximate surface area is 198 Å². The van der Waals surface area contributed by atoms with Crippen LogP contribution in [-0.4, -0.2) is 50.3 Å². The molecular formula is C27H26N2O5. The minimum Gasteiger partial charge on any atom is -0.497 e. The van der Waals surface area contributed by atoms with Gasteiger partial charge in [-0.2, -0.15) is 0 Å².